The van der Waals surface area contributed by atoms with Crippen molar-refractivity contribution in [2.24, 2.45) is 0 Å². The molecule has 0 bridgehead atoms. The van der Waals surface area contributed by atoms with E-state index in [0.29, 0.717) is 36.6 Å². The van der Waals surface area contributed by atoms with Crippen molar-refractivity contribution in [3.05, 3.63) is 65.0 Å². The van der Waals surface area contributed by atoms with Crippen molar-refractivity contribution in [1.82, 2.24) is 19.5 Å². The lowest BCUT2D eigenvalue weighted by Crippen LogP contribution is -2.29. The zero-order valence-corrected chi connectivity index (χ0v) is 17.9. The van der Waals surface area contributed by atoms with Gasteiger partial charge in [0.2, 0.25) is 10.0 Å². The molecule has 1 aromatic carbocycles. The highest BCUT2D eigenvalue weighted by molar-refractivity contribution is 7.89. The van der Waals surface area contributed by atoms with E-state index in [4.69, 9.17) is 0 Å². The predicted molar refractivity (Wildman–Crippen MR) is 113 cm³/mol. The molecule has 1 aliphatic rings. The number of nitrogens with one attached hydrogen (secondary N) is 2. The second-order valence-corrected chi connectivity index (χ2v) is 9.54. The van der Waals surface area contributed by atoms with Gasteiger partial charge in [-0.15, -0.1) is 0 Å². The van der Waals surface area contributed by atoms with Crippen molar-refractivity contribution in [1.29, 1.82) is 0 Å². The Bertz CT molecular complexity index is 1170. The summed E-state index contributed by atoms with van der Waals surface area (Å²) in [5, 5.41) is 9.97. The fourth-order valence-corrected chi connectivity index (χ4v) is 5.78. The minimum Gasteiger partial charge on any atom is -0.355 e. The monoisotopic (exact) mass is 429 g/mol. The molecule has 7 nitrogen and oxygen atoms in total. The first-order valence-electron chi connectivity index (χ1n) is 9.77. The van der Waals surface area contributed by atoms with E-state index in [1.807, 2.05) is 19.1 Å². The standard InChI is InChI=1S/C21H24FN5O2S/c1-13-9-19(24-18-6-4-5-17(22)10-18)11-20(23-13)16-7-8-27(12-16)30(28,29)21-14(2)25-26-15(21)3/h4-6,9-11,16H,7-8,12H2,1-3H3,(H,23,24)(H,25,26)/t16-/m1/s1. The predicted octanol–water partition coefficient (Wildman–Crippen LogP) is 3.79. The third kappa shape index (κ3) is 3.95. The minimum absolute atomic E-state index is 0.0137. The summed E-state index contributed by atoms with van der Waals surface area (Å²) in [6.07, 6.45) is 0.686. The summed E-state index contributed by atoms with van der Waals surface area (Å²) in [6.45, 7) is 6.09. The van der Waals surface area contributed by atoms with Crippen molar-refractivity contribution < 1.29 is 12.8 Å². The molecule has 4 rings (SSSR count). The first-order chi connectivity index (χ1) is 14.2. The molecule has 1 saturated heterocycles. The molecule has 1 atom stereocenters. The maximum Gasteiger partial charge on any atom is 0.246 e. The Hall–Kier alpha value is -2.78. The van der Waals surface area contributed by atoms with Gasteiger partial charge in [-0.05, 0) is 57.5 Å². The number of aromatic amines is 1. The van der Waals surface area contributed by atoms with Gasteiger partial charge in [0, 0.05) is 41.8 Å². The normalized spacial score (nSPS) is 17.4. The summed E-state index contributed by atoms with van der Waals surface area (Å²) in [4.78, 5) is 4.89. The van der Waals surface area contributed by atoms with E-state index in [1.165, 1.54) is 16.4 Å². The zero-order valence-electron chi connectivity index (χ0n) is 17.1. The molecule has 158 valence electrons. The van der Waals surface area contributed by atoms with E-state index in [1.54, 1.807) is 26.0 Å². The summed E-state index contributed by atoms with van der Waals surface area (Å²) in [5.41, 5.74) is 4.11. The number of pyridine rings is 1. The molecule has 1 aliphatic heterocycles. The number of nitrogens with zero attached hydrogens (tertiary/aromatic N) is 3. The lowest BCUT2D eigenvalue weighted by molar-refractivity contribution is 0.471. The van der Waals surface area contributed by atoms with Gasteiger partial charge in [-0.25, -0.2) is 12.8 Å². The molecule has 2 aromatic heterocycles. The summed E-state index contributed by atoms with van der Waals surface area (Å²) >= 11 is 0. The molecular weight excluding hydrogens is 405 g/mol. The Morgan fingerprint density at radius 2 is 1.97 bits per heavy atom. The molecule has 0 aliphatic carbocycles. The molecule has 0 unspecified atom stereocenters. The summed E-state index contributed by atoms with van der Waals surface area (Å²) < 4.78 is 41.2. The van der Waals surface area contributed by atoms with E-state index in [-0.39, 0.29) is 16.6 Å². The van der Waals surface area contributed by atoms with Crippen LogP contribution in [-0.4, -0.2) is 41.0 Å². The first-order valence-corrected chi connectivity index (χ1v) is 11.2. The molecule has 3 heterocycles. The molecule has 3 aromatic rings. The third-order valence-corrected chi connectivity index (χ3v) is 7.44. The van der Waals surface area contributed by atoms with Gasteiger partial charge in [-0.1, -0.05) is 6.07 Å². The van der Waals surface area contributed by atoms with Crippen LogP contribution in [0.15, 0.2) is 41.3 Å². The van der Waals surface area contributed by atoms with E-state index < -0.39 is 10.0 Å². The van der Waals surface area contributed by atoms with Crippen molar-refractivity contribution in [2.45, 2.75) is 38.0 Å². The molecule has 1 fully saturated rings. The number of hydrogen-bond acceptors (Lipinski definition) is 5. The number of sulfonamides is 1. The Balaban J connectivity index is 1.56. The third-order valence-electron chi connectivity index (χ3n) is 5.31. The fourth-order valence-electron chi connectivity index (χ4n) is 3.95. The Morgan fingerprint density at radius 1 is 1.17 bits per heavy atom. The molecule has 0 amide bonds. The highest BCUT2D eigenvalue weighted by atomic mass is 32.2. The van der Waals surface area contributed by atoms with Gasteiger partial charge in [-0.3, -0.25) is 10.1 Å². The van der Waals surface area contributed by atoms with Gasteiger partial charge in [0.25, 0.3) is 0 Å². The van der Waals surface area contributed by atoms with E-state index in [9.17, 15) is 12.8 Å². The van der Waals surface area contributed by atoms with Crippen LogP contribution in [0.4, 0.5) is 15.8 Å². The van der Waals surface area contributed by atoms with Crippen molar-refractivity contribution in [3.63, 3.8) is 0 Å². The van der Waals surface area contributed by atoms with Crippen LogP contribution >= 0.6 is 0 Å². The molecule has 2 N–H and O–H groups in total. The average molecular weight is 430 g/mol. The van der Waals surface area contributed by atoms with Crippen molar-refractivity contribution in [3.8, 4) is 0 Å². The summed E-state index contributed by atoms with van der Waals surface area (Å²) in [5.74, 6) is -0.326. The molecule has 30 heavy (non-hydrogen) atoms. The number of H-pyrrole nitrogens is 1. The van der Waals surface area contributed by atoms with Gasteiger partial charge in [0.05, 0.1) is 11.4 Å². The smallest absolute Gasteiger partial charge is 0.246 e. The maximum atomic E-state index is 13.5. The summed E-state index contributed by atoms with van der Waals surface area (Å²) in [7, 11) is -3.62. The van der Waals surface area contributed by atoms with Gasteiger partial charge in [-0.2, -0.15) is 9.40 Å². The number of benzene rings is 1. The number of rotatable bonds is 5. The van der Waals surface area contributed by atoms with Crippen LogP contribution in [0.1, 0.15) is 35.1 Å². The van der Waals surface area contributed by atoms with Crippen LogP contribution in [0.3, 0.4) is 0 Å². The second-order valence-electron chi connectivity index (χ2n) is 7.67. The fraction of sp³-hybridized carbons (Fsp3) is 0.333. The minimum atomic E-state index is -3.62. The van der Waals surface area contributed by atoms with Crippen molar-refractivity contribution in [2.75, 3.05) is 18.4 Å². The van der Waals surface area contributed by atoms with Crippen LogP contribution < -0.4 is 5.32 Å². The van der Waals surface area contributed by atoms with Crippen LogP contribution in [0.25, 0.3) is 0 Å². The Morgan fingerprint density at radius 3 is 2.67 bits per heavy atom. The Kier molecular flexibility index (Phi) is 5.33. The van der Waals surface area contributed by atoms with Crippen LogP contribution in [0, 0.1) is 26.6 Å². The van der Waals surface area contributed by atoms with E-state index in [2.05, 4.69) is 20.5 Å². The number of aryl methyl sites for hydroxylation is 3. The number of halogens is 1. The maximum absolute atomic E-state index is 13.5. The number of hydrogen-bond donors (Lipinski definition) is 2. The molecule has 0 saturated carbocycles. The molecule has 0 radical (unpaired) electrons. The van der Waals surface area contributed by atoms with Crippen LogP contribution in [0.5, 0.6) is 0 Å². The highest BCUT2D eigenvalue weighted by Gasteiger charge is 2.36. The summed E-state index contributed by atoms with van der Waals surface area (Å²) in [6, 6.07) is 10.0. The zero-order chi connectivity index (χ0) is 21.5. The average Bonchev–Trinajstić information content (AvgIpc) is 3.29. The second kappa shape index (κ2) is 7.81. The topological polar surface area (TPSA) is 91.0 Å². The lowest BCUT2D eigenvalue weighted by atomic mass is 10.0. The number of anilines is 2. The SMILES string of the molecule is Cc1cc(Nc2cccc(F)c2)cc([C@@H]2CCN(S(=O)(=O)c3c(C)n[nH]c3C)C2)n1. The van der Waals surface area contributed by atoms with Gasteiger partial charge in [0.1, 0.15) is 10.7 Å². The quantitative estimate of drug-likeness (QED) is 0.644. The van der Waals surface area contributed by atoms with E-state index in [0.717, 1.165) is 17.1 Å². The van der Waals surface area contributed by atoms with Gasteiger partial charge < -0.3 is 5.32 Å². The molecular formula is C21H24FN5O2S. The number of aromatic nitrogens is 3. The Labute approximate surface area is 175 Å². The largest absolute Gasteiger partial charge is 0.355 e. The highest BCUT2D eigenvalue weighted by Crippen LogP contribution is 2.33. The van der Waals surface area contributed by atoms with Crippen LogP contribution in [0.2, 0.25) is 0 Å². The van der Waals surface area contributed by atoms with Gasteiger partial charge in [0.15, 0.2) is 0 Å². The van der Waals surface area contributed by atoms with Crippen LogP contribution in [-0.2, 0) is 10.0 Å². The molecule has 9 heteroatoms. The van der Waals surface area contributed by atoms with Crippen molar-refractivity contribution >= 4 is 21.4 Å². The molecule has 0 spiro atoms. The van der Waals surface area contributed by atoms with E-state index >= 15 is 0 Å². The van der Waals surface area contributed by atoms with Gasteiger partial charge >= 0.3 is 0 Å². The first kappa shape index (κ1) is 20.5. The lowest BCUT2D eigenvalue weighted by Gasteiger charge is -2.17.